The molecule has 0 aliphatic heterocycles. The van der Waals surface area contributed by atoms with Crippen molar-refractivity contribution in [2.75, 3.05) is 0 Å². The molecule has 0 heterocycles. The van der Waals surface area contributed by atoms with Crippen molar-refractivity contribution in [1.29, 1.82) is 0 Å². The predicted molar refractivity (Wildman–Crippen MR) is 243 cm³/mol. The van der Waals surface area contributed by atoms with Crippen LogP contribution in [0.1, 0.15) is 72.2 Å². The van der Waals surface area contributed by atoms with Crippen LogP contribution in [-0.2, 0) is 25.7 Å². The Morgan fingerprint density at radius 2 is 0.786 bits per heavy atom. The molecule has 0 spiro atoms. The molecule has 1 aliphatic carbocycles. The van der Waals surface area contributed by atoms with E-state index in [1.54, 1.807) is 5.20 Å². The first-order valence-corrected chi connectivity index (χ1v) is 21.7. The Hall–Kier alpha value is -5.76. The van der Waals surface area contributed by atoms with E-state index in [-0.39, 0.29) is 0 Å². The van der Waals surface area contributed by atoms with Gasteiger partial charge in [0.05, 0.1) is 9.52 Å². The van der Waals surface area contributed by atoms with Crippen LogP contribution in [0.25, 0.3) is 22.3 Å². The Bertz CT molecular complexity index is 2390. The summed E-state index contributed by atoms with van der Waals surface area (Å²) in [6.45, 7) is 9.48. The minimum absolute atomic E-state index is 0.503. The van der Waals surface area contributed by atoms with E-state index in [1.807, 2.05) is 0 Å². The summed E-state index contributed by atoms with van der Waals surface area (Å²) in [6, 6.07) is 65.8. The summed E-state index contributed by atoms with van der Waals surface area (Å²) in [4.78, 5) is 0. The van der Waals surface area contributed by atoms with Crippen molar-refractivity contribution in [3.8, 4) is 22.3 Å². The number of allylic oxidation sites excluding steroid dienone is 4. The molecule has 0 saturated heterocycles. The molecule has 0 saturated carbocycles. The van der Waals surface area contributed by atoms with Gasteiger partial charge in [-0.25, -0.2) is 0 Å². The largest absolute Gasteiger partial charge is 0.0843 e. The van der Waals surface area contributed by atoms with E-state index in [0.717, 1.165) is 25.7 Å². The topological polar surface area (TPSA) is 0 Å². The van der Waals surface area contributed by atoms with Crippen molar-refractivity contribution in [3.63, 3.8) is 0 Å². The molecule has 0 amide bonds. The van der Waals surface area contributed by atoms with Crippen LogP contribution in [0.2, 0.25) is 0 Å². The molecule has 0 N–H and O–H groups in total. The zero-order chi connectivity index (χ0) is 38.4. The van der Waals surface area contributed by atoms with E-state index in [0.29, 0.717) is 5.92 Å². The molecule has 276 valence electrons. The lowest BCUT2D eigenvalue weighted by atomic mass is 9.88. The molecule has 0 nitrogen and oxygen atoms in total. The third-order valence-electron chi connectivity index (χ3n) is 12.0. The smallest absolute Gasteiger partial charge is 0.0727 e. The summed E-state index contributed by atoms with van der Waals surface area (Å²) in [5.74, 6) is 0.503. The lowest BCUT2D eigenvalue weighted by molar-refractivity contribution is 0.856. The summed E-state index contributed by atoms with van der Waals surface area (Å²) < 4.78 is 0. The van der Waals surface area contributed by atoms with Crippen LogP contribution >= 0.6 is 0 Å². The van der Waals surface area contributed by atoms with Crippen molar-refractivity contribution >= 4 is 14.7 Å². The second kappa shape index (κ2) is 16.9. The van der Waals surface area contributed by atoms with Gasteiger partial charge in [0, 0.05) is 0 Å². The number of benzene rings is 7. The first-order chi connectivity index (χ1) is 27.4. The van der Waals surface area contributed by atoms with Gasteiger partial charge >= 0.3 is 0 Å². The molecule has 1 aliphatic rings. The fourth-order valence-corrected chi connectivity index (χ4v) is 11.2. The van der Waals surface area contributed by atoms with Gasteiger partial charge in [0.15, 0.2) is 0 Å². The van der Waals surface area contributed by atoms with Crippen molar-refractivity contribution in [2.45, 2.75) is 53.4 Å². The van der Waals surface area contributed by atoms with E-state index in [9.17, 15) is 0 Å². The Morgan fingerprint density at radius 3 is 1.16 bits per heavy atom. The standard InChI is InChI=1S/C55H52Si/c1-38-39(2)41(4)55(40(38)3)56-53-27-17-26-52(50-34-46(28-42-18-9-5-10-19-42)32-47(35-50)29-43-20-11-6-12-21-43)54(53)51-36-48(30-44-22-13-7-14-23-44)33-49(37-51)31-45-24-15-8-16-25-45/h5-27,32-37,40H,28-31,56H2,1-4H3. The number of hydrogen-bond donors (Lipinski definition) is 0. The summed E-state index contributed by atoms with van der Waals surface area (Å²) in [5, 5.41) is 3.22. The highest BCUT2D eigenvalue weighted by molar-refractivity contribution is 6.63. The Labute approximate surface area is 337 Å². The van der Waals surface area contributed by atoms with Gasteiger partial charge in [-0.3, -0.25) is 0 Å². The van der Waals surface area contributed by atoms with E-state index in [2.05, 4.69) is 204 Å². The zero-order valence-electron chi connectivity index (χ0n) is 33.4. The first-order valence-electron chi connectivity index (χ1n) is 20.3. The van der Waals surface area contributed by atoms with E-state index in [1.165, 1.54) is 88.7 Å². The second-order valence-electron chi connectivity index (χ2n) is 15.9. The van der Waals surface area contributed by atoms with Gasteiger partial charge in [-0.2, -0.15) is 0 Å². The van der Waals surface area contributed by atoms with Crippen LogP contribution in [0.3, 0.4) is 0 Å². The van der Waals surface area contributed by atoms with Crippen molar-refractivity contribution in [3.05, 3.63) is 242 Å². The van der Waals surface area contributed by atoms with Crippen molar-refractivity contribution in [1.82, 2.24) is 0 Å². The maximum Gasteiger partial charge on any atom is 0.0843 e. The van der Waals surface area contributed by atoms with Crippen molar-refractivity contribution in [2.24, 2.45) is 5.92 Å². The molecule has 1 unspecified atom stereocenters. The molecule has 1 atom stereocenters. The van der Waals surface area contributed by atoms with Gasteiger partial charge in [0.1, 0.15) is 0 Å². The lowest BCUT2D eigenvalue weighted by Gasteiger charge is -2.21. The molecule has 8 rings (SSSR count). The van der Waals surface area contributed by atoms with Gasteiger partial charge in [0.25, 0.3) is 0 Å². The number of hydrogen-bond acceptors (Lipinski definition) is 0. The highest BCUT2D eigenvalue weighted by Gasteiger charge is 2.26. The normalized spacial score (nSPS) is 14.3. The summed E-state index contributed by atoms with van der Waals surface area (Å²) in [6.07, 6.45) is 3.62. The maximum atomic E-state index is 2.50. The minimum Gasteiger partial charge on any atom is -0.0727 e. The monoisotopic (exact) mass is 740 g/mol. The predicted octanol–water partition coefficient (Wildman–Crippen LogP) is 12.4. The SMILES string of the molecule is CC1=C(C)C(C)C([SiH2]c2cccc(-c3cc(Cc4ccccc4)cc(Cc4ccccc4)c3)c2-c2cc(Cc3ccccc3)cc(Cc3ccccc3)c2)=C1C. The molecule has 56 heavy (non-hydrogen) atoms. The Morgan fingerprint density at radius 1 is 0.393 bits per heavy atom. The molecule has 7 aromatic carbocycles. The van der Waals surface area contributed by atoms with Crippen LogP contribution < -0.4 is 5.19 Å². The summed E-state index contributed by atoms with van der Waals surface area (Å²) in [7, 11) is -0.806. The quantitative estimate of drug-likeness (QED) is 0.109. The molecule has 0 bridgehead atoms. The summed E-state index contributed by atoms with van der Waals surface area (Å²) in [5.41, 5.74) is 20.8. The maximum absolute atomic E-state index is 2.50. The fourth-order valence-electron chi connectivity index (χ4n) is 8.83. The Kier molecular flexibility index (Phi) is 11.2. The van der Waals surface area contributed by atoms with Gasteiger partial charge in [-0.1, -0.05) is 204 Å². The molecule has 7 aromatic rings. The van der Waals surface area contributed by atoms with Gasteiger partial charge in [0.2, 0.25) is 0 Å². The Balaban J connectivity index is 1.33. The third kappa shape index (κ3) is 8.54. The lowest BCUT2D eigenvalue weighted by Crippen LogP contribution is -2.23. The first kappa shape index (κ1) is 37.2. The molecular weight excluding hydrogens is 689 g/mol. The number of rotatable bonds is 12. The second-order valence-corrected chi connectivity index (χ2v) is 17.8. The minimum atomic E-state index is -0.806. The van der Waals surface area contributed by atoms with Gasteiger partial charge in [-0.15, -0.1) is 0 Å². The van der Waals surface area contributed by atoms with Gasteiger partial charge < -0.3 is 0 Å². The molecule has 0 aromatic heterocycles. The highest BCUT2D eigenvalue weighted by Crippen LogP contribution is 2.39. The van der Waals surface area contributed by atoms with Crippen molar-refractivity contribution < 1.29 is 0 Å². The van der Waals surface area contributed by atoms with Crippen LogP contribution in [0, 0.1) is 5.92 Å². The van der Waals surface area contributed by atoms with E-state index < -0.39 is 9.52 Å². The van der Waals surface area contributed by atoms with E-state index in [4.69, 9.17) is 0 Å². The molecular formula is C55H52Si. The highest BCUT2D eigenvalue weighted by atomic mass is 28.2. The van der Waals surface area contributed by atoms with Crippen LogP contribution in [-0.4, -0.2) is 9.52 Å². The van der Waals surface area contributed by atoms with Crippen LogP contribution in [0.5, 0.6) is 0 Å². The zero-order valence-corrected chi connectivity index (χ0v) is 34.8. The summed E-state index contributed by atoms with van der Waals surface area (Å²) >= 11 is 0. The molecule has 0 radical (unpaired) electrons. The van der Waals surface area contributed by atoms with E-state index >= 15 is 0 Å². The van der Waals surface area contributed by atoms with Crippen LogP contribution in [0.15, 0.2) is 198 Å². The average Bonchev–Trinajstić information content (AvgIpc) is 3.40. The van der Waals surface area contributed by atoms with Gasteiger partial charge in [-0.05, 0) is 125 Å². The van der Waals surface area contributed by atoms with Crippen LogP contribution in [0.4, 0.5) is 0 Å². The third-order valence-corrected chi connectivity index (χ3v) is 14.5. The molecule has 1 heteroatoms. The average molecular weight is 741 g/mol. The fraction of sp³-hybridized carbons (Fsp3) is 0.164. The molecule has 0 fully saturated rings.